The van der Waals surface area contributed by atoms with Crippen molar-refractivity contribution in [2.24, 2.45) is 0 Å². The van der Waals surface area contributed by atoms with Crippen molar-refractivity contribution < 1.29 is 14.3 Å². The van der Waals surface area contributed by atoms with Crippen molar-refractivity contribution in [1.29, 1.82) is 0 Å². The average molecular weight is 559 g/mol. The maximum atomic E-state index is 13.5. The third-order valence-corrected chi connectivity index (χ3v) is 7.29. The first kappa shape index (κ1) is 27.4. The first-order chi connectivity index (χ1) is 19.4. The van der Waals surface area contributed by atoms with E-state index in [4.69, 9.17) is 16.3 Å². The third-order valence-electron chi connectivity index (χ3n) is 7.04. The van der Waals surface area contributed by atoms with Gasteiger partial charge >= 0.3 is 0 Å². The summed E-state index contributed by atoms with van der Waals surface area (Å²) in [4.78, 5) is 42.0. The Morgan fingerprint density at radius 3 is 2.50 bits per heavy atom. The Morgan fingerprint density at radius 1 is 1.00 bits per heavy atom. The van der Waals surface area contributed by atoms with E-state index in [1.54, 1.807) is 16.7 Å². The molecule has 2 heterocycles. The fraction of sp³-hybridized carbons (Fsp3) is 0.258. The zero-order chi connectivity index (χ0) is 28.1. The normalized spacial score (nSPS) is 13.3. The molecule has 0 radical (unpaired) electrons. The highest BCUT2D eigenvalue weighted by Crippen LogP contribution is 2.23. The number of benzene rings is 3. The largest absolute Gasteiger partial charge is 0.378 e. The van der Waals surface area contributed by atoms with Crippen LogP contribution in [0.5, 0.6) is 0 Å². The molecule has 1 fully saturated rings. The number of halogens is 1. The number of hydrogen-bond donors (Lipinski definition) is 2. The van der Waals surface area contributed by atoms with Crippen LogP contribution in [0, 0.1) is 6.92 Å². The fourth-order valence-corrected chi connectivity index (χ4v) is 4.93. The minimum absolute atomic E-state index is 0.0242. The molecule has 4 aromatic rings. The Balaban J connectivity index is 1.44. The molecule has 1 aromatic heterocycles. The number of fused-ring (bicyclic) bond motifs is 1. The summed E-state index contributed by atoms with van der Waals surface area (Å²) in [6, 6.07) is 20.4. The van der Waals surface area contributed by atoms with Crippen LogP contribution < -0.4 is 21.0 Å². The Morgan fingerprint density at radius 2 is 1.75 bits per heavy atom. The van der Waals surface area contributed by atoms with Gasteiger partial charge < -0.3 is 24.8 Å². The zero-order valence-corrected chi connectivity index (χ0v) is 23.0. The van der Waals surface area contributed by atoms with Gasteiger partial charge in [0.15, 0.2) is 0 Å². The number of para-hydroxylation sites is 1. The van der Waals surface area contributed by atoms with E-state index in [1.807, 2.05) is 61.5 Å². The van der Waals surface area contributed by atoms with E-state index in [2.05, 4.69) is 15.5 Å². The molecule has 2 amide bonds. The molecule has 8 nitrogen and oxygen atoms in total. The van der Waals surface area contributed by atoms with E-state index in [0.717, 1.165) is 29.9 Å². The number of ether oxygens (including phenoxy) is 1. The summed E-state index contributed by atoms with van der Waals surface area (Å²) in [6.45, 7) is 5.00. The molecule has 0 saturated carbocycles. The molecule has 3 aromatic carbocycles. The first-order valence-electron chi connectivity index (χ1n) is 13.3. The lowest BCUT2D eigenvalue weighted by atomic mass is 10.1. The minimum atomic E-state index is -0.518. The van der Waals surface area contributed by atoms with Gasteiger partial charge in [-0.05, 0) is 60.9 Å². The van der Waals surface area contributed by atoms with Gasteiger partial charge in [-0.2, -0.15) is 0 Å². The van der Waals surface area contributed by atoms with Crippen molar-refractivity contribution in [2.45, 2.75) is 19.9 Å². The lowest BCUT2D eigenvalue weighted by Crippen LogP contribution is -2.36. The van der Waals surface area contributed by atoms with Crippen molar-refractivity contribution >= 4 is 45.7 Å². The van der Waals surface area contributed by atoms with Gasteiger partial charge in [0.2, 0.25) is 11.3 Å². The van der Waals surface area contributed by atoms with Crippen molar-refractivity contribution in [3.8, 4) is 0 Å². The summed E-state index contributed by atoms with van der Waals surface area (Å²) in [6.07, 6.45) is 2.14. The van der Waals surface area contributed by atoms with Crippen LogP contribution >= 0.6 is 11.6 Å². The molecule has 0 bridgehead atoms. The van der Waals surface area contributed by atoms with Gasteiger partial charge in [0.05, 0.1) is 18.7 Å². The number of morpholine rings is 1. The maximum absolute atomic E-state index is 13.5. The topological polar surface area (TPSA) is 92.7 Å². The van der Waals surface area contributed by atoms with Crippen molar-refractivity contribution in [3.63, 3.8) is 0 Å². The number of carbonyl (C=O) groups is 2. The molecular weight excluding hydrogens is 528 g/mol. The lowest BCUT2D eigenvalue weighted by Gasteiger charge is -2.29. The van der Waals surface area contributed by atoms with Crippen LogP contribution in [0.25, 0.3) is 10.9 Å². The number of anilines is 2. The molecule has 0 spiro atoms. The van der Waals surface area contributed by atoms with Gasteiger partial charge in [-0.25, -0.2) is 0 Å². The minimum Gasteiger partial charge on any atom is -0.378 e. The molecule has 2 N–H and O–H groups in total. The van der Waals surface area contributed by atoms with E-state index in [-0.39, 0.29) is 23.4 Å². The summed E-state index contributed by atoms with van der Waals surface area (Å²) in [5.41, 5.74) is 3.69. The molecular formula is C31H31ClN4O4. The number of pyridine rings is 1. The van der Waals surface area contributed by atoms with Crippen LogP contribution in [0.1, 0.15) is 21.5 Å². The first-order valence-corrected chi connectivity index (χ1v) is 13.6. The summed E-state index contributed by atoms with van der Waals surface area (Å²) < 4.78 is 7.16. The van der Waals surface area contributed by atoms with Crippen LogP contribution in [0.2, 0.25) is 5.02 Å². The number of nitrogens with one attached hydrogen (secondary N) is 2. The molecule has 1 saturated heterocycles. The number of nitrogens with zero attached hydrogens (tertiary/aromatic N) is 2. The van der Waals surface area contributed by atoms with Gasteiger partial charge in [0, 0.05) is 47.6 Å². The summed E-state index contributed by atoms with van der Waals surface area (Å²) in [7, 11) is 0. The fourth-order valence-electron chi connectivity index (χ4n) is 4.80. The number of carbonyl (C=O) groups excluding carboxylic acids is 2. The Bertz CT molecular complexity index is 1590. The smallest absolute Gasteiger partial charge is 0.261 e. The SMILES string of the molecule is Cc1ccccc1NC(=O)c1cn(CC(=O)NCCc2ccc(Cl)cc2)c2cc(N3CCOCC3)ccc2c1=O. The predicted octanol–water partition coefficient (Wildman–Crippen LogP) is 4.41. The van der Waals surface area contributed by atoms with E-state index < -0.39 is 5.91 Å². The number of aryl methyl sites for hydroxylation is 1. The zero-order valence-electron chi connectivity index (χ0n) is 22.3. The molecule has 0 aliphatic carbocycles. The monoisotopic (exact) mass is 558 g/mol. The molecule has 5 rings (SSSR count). The average Bonchev–Trinajstić information content (AvgIpc) is 2.97. The Labute approximate surface area is 237 Å². The molecule has 0 atom stereocenters. The molecule has 1 aliphatic rings. The molecule has 1 aliphatic heterocycles. The second-order valence-electron chi connectivity index (χ2n) is 9.80. The predicted molar refractivity (Wildman–Crippen MR) is 159 cm³/mol. The lowest BCUT2D eigenvalue weighted by molar-refractivity contribution is -0.121. The van der Waals surface area contributed by atoms with Gasteiger partial charge in [-0.15, -0.1) is 0 Å². The Hall–Kier alpha value is -4.14. The number of hydrogen-bond acceptors (Lipinski definition) is 5. The molecule has 40 heavy (non-hydrogen) atoms. The van der Waals surface area contributed by atoms with E-state index in [1.165, 1.54) is 6.20 Å². The van der Waals surface area contributed by atoms with Crippen LogP contribution in [-0.4, -0.2) is 49.2 Å². The van der Waals surface area contributed by atoms with Crippen molar-refractivity contribution in [1.82, 2.24) is 9.88 Å². The van der Waals surface area contributed by atoms with Gasteiger partial charge in [0.25, 0.3) is 5.91 Å². The van der Waals surface area contributed by atoms with Gasteiger partial charge in [-0.3, -0.25) is 14.4 Å². The van der Waals surface area contributed by atoms with E-state index in [0.29, 0.717) is 47.8 Å². The van der Waals surface area contributed by atoms with Crippen molar-refractivity contribution in [2.75, 3.05) is 43.1 Å². The number of aromatic nitrogens is 1. The highest BCUT2D eigenvalue weighted by Gasteiger charge is 2.19. The van der Waals surface area contributed by atoms with E-state index >= 15 is 0 Å². The molecule has 9 heteroatoms. The Kier molecular flexibility index (Phi) is 8.48. The van der Waals surface area contributed by atoms with Crippen LogP contribution in [0.4, 0.5) is 11.4 Å². The molecule has 0 unspecified atom stereocenters. The van der Waals surface area contributed by atoms with E-state index in [9.17, 15) is 14.4 Å². The summed E-state index contributed by atoms with van der Waals surface area (Å²) >= 11 is 5.96. The van der Waals surface area contributed by atoms with Gasteiger partial charge in [-0.1, -0.05) is 41.9 Å². The van der Waals surface area contributed by atoms with Crippen molar-refractivity contribution in [3.05, 3.63) is 105 Å². The van der Waals surface area contributed by atoms with Crippen LogP contribution in [-0.2, 0) is 22.5 Å². The second-order valence-corrected chi connectivity index (χ2v) is 10.2. The second kappa shape index (κ2) is 12.4. The maximum Gasteiger partial charge on any atom is 0.261 e. The standard InChI is InChI=1S/C31H31ClN4O4/c1-21-4-2-3-5-27(21)34-31(39)26-19-36(20-29(37)33-13-12-22-6-8-23(32)9-7-22)28-18-24(10-11-25(28)30(26)38)35-14-16-40-17-15-35/h2-11,18-19H,12-17,20H2,1H3,(H,33,37)(H,34,39). The van der Waals surface area contributed by atoms with Crippen LogP contribution in [0.15, 0.2) is 77.7 Å². The number of rotatable bonds is 8. The molecule has 206 valence electrons. The highest BCUT2D eigenvalue weighted by molar-refractivity contribution is 6.30. The summed E-state index contributed by atoms with van der Waals surface area (Å²) in [5, 5.41) is 6.84. The highest BCUT2D eigenvalue weighted by atomic mass is 35.5. The van der Waals surface area contributed by atoms with Gasteiger partial charge in [0.1, 0.15) is 12.1 Å². The number of amides is 2. The summed E-state index contributed by atoms with van der Waals surface area (Å²) in [5.74, 6) is -0.740. The third kappa shape index (κ3) is 6.35. The quantitative estimate of drug-likeness (QED) is 0.334. The van der Waals surface area contributed by atoms with Crippen LogP contribution in [0.3, 0.4) is 0 Å².